The van der Waals surface area contributed by atoms with E-state index in [0.29, 0.717) is 30.4 Å². The zero-order valence-corrected chi connectivity index (χ0v) is 15.2. The van der Waals surface area contributed by atoms with E-state index in [1.54, 1.807) is 6.92 Å². The fourth-order valence-electron chi connectivity index (χ4n) is 4.73. The van der Waals surface area contributed by atoms with Gasteiger partial charge in [-0.1, -0.05) is 12.8 Å². The Morgan fingerprint density at radius 3 is 2.64 bits per heavy atom. The minimum atomic E-state index is -0.339. The monoisotopic (exact) mass is 341 g/mol. The van der Waals surface area contributed by atoms with Gasteiger partial charge in [0.15, 0.2) is 0 Å². The van der Waals surface area contributed by atoms with Crippen molar-refractivity contribution in [3.05, 3.63) is 32.7 Å². The molecule has 0 bridgehead atoms. The summed E-state index contributed by atoms with van der Waals surface area (Å²) < 4.78 is 0. The van der Waals surface area contributed by atoms with Gasteiger partial charge in [-0.05, 0) is 63.0 Å². The van der Waals surface area contributed by atoms with Crippen LogP contribution >= 0.6 is 0 Å². The summed E-state index contributed by atoms with van der Waals surface area (Å²) in [5.41, 5.74) is 2.24. The van der Waals surface area contributed by atoms with Gasteiger partial charge in [0.25, 0.3) is 5.56 Å². The lowest BCUT2D eigenvalue weighted by Gasteiger charge is -2.29. The molecule has 1 amide bonds. The van der Waals surface area contributed by atoms with E-state index in [-0.39, 0.29) is 17.0 Å². The SMILES string of the molecule is Cc1[nH]c(=O)c(C#N)c(C)c1CCC(=O)N1CCC[C@@H]1C1CCCC1. The molecule has 5 nitrogen and oxygen atoms in total. The fraction of sp³-hybridized carbons (Fsp3) is 0.650. The molecule has 2 fully saturated rings. The molecule has 0 aromatic carbocycles. The van der Waals surface area contributed by atoms with Crippen molar-refractivity contribution in [2.45, 2.75) is 71.3 Å². The molecule has 1 atom stereocenters. The van der Waals surface area contributed by atoms with Crippen molar-refractivity contribution in [1.29, 1.82) is 5.26 Å². The van der Waals surface area contributed by atoms with Crippen LogP contribution in [0.2, 0.25) is 0 Å². The van der Waals surface area contributed by atoms with Gasteiger partial charge >= 0.3 is 0 Å². The van der Waals surface area contributed by atoms with E-state index < -0.39 is 0 Å². The number of hydrogen-bond acceptors (Lipinski definition) is 3. The quantitative estimate of drug-likeness (QED) is 0.914. The summed E-state index contributed by atoms with van der Waals surface area (Å²) in [6.45, 7) is 4.53. The number of nitriles is 1. The molecular formula is C20H27N3O2. The summed E-state index contributed by atoms with van der Waals surface area (Å²) in [7, 11) is 0. The normalized spacial score (nSPS) is 20.8. The van der Waals surface area contributed by atoms with Gasteiger partial charge in [0, 0.05) is 24.7 Å². The van der Waals surface area contributed by atoms with Gasteiger partial charge in [-0.2, -0.15) is 5.26 Å². The Morgan fingerprint density at radius 2 is 1.96 bits per heavy atom. The Morgan fingerprint density at radius 1 is 1.24 bits per heavy atom. The number of nitrogens with zero attached hydrogens (tertiary/aromatic N) is 2. The lowest BCUT2D eigenvalue weighted by Crippen LogP contribution is -2.39. The Bertz CT molecular complexity index is 753. The van der Waals surface area contributed by atoms with E-state index in [1.807, 2.05) is 13.0 Å². The molecule has 0 unspecified atom stereocenters. The van der Waals surface area contributed by atoms with Crippen LogP contribution in [0.1, 0.15) is 67.3 Å². The van der Waals surface area contributed by atoms with Crippen molar-refractivity contribution in [3.8, 4) is 6.07 Å². The minimum absolute atomic E-state index is 0.165. The number of pyridine rings is 1. The molecule has 1 aliphatic carbocycles. The molecule has 2 aliphatic rings. The summed E-state index contributed by atoms with van der Waals surface area (Å²) in [4.78, 5) is 29.5. The van der Waals surface area contributed by atoms with Crippen molar-refractivity contribution in [2.24, 2.45) is 5.92 Å². The number of amides is 1. The van der Waals surface area contributed by atoms with Crippen LogP contribution in [-0.4, -0.2) is 28.4 Å². The van der Waals surface area contributed by atoms with Gasteiger partial charge in [0.2, 0.25) is 5.91 Å². The van der Waals surface area contributed by atoms with Crippen LogP contribution in [0.4, 0.5) is 0 Å². The molecule has 1 saturated heterocycles. The second kappa shape index (κ2) is 7.43. The van der Waals surface area contributed by atoms with Crippen LogP contribution in [0, 0.1) is 31.1 Å². The molecule has 1 N–H and O–H groups in total. The summed E-state index contributed by atoms with van der Waals surface area (Å²) >= 11 is 0. The highest BCUT2D eigenvalue weighted by Crippen LogP contribution is 2.35. The van der Waals surface area contributed by atoms with Crippen molar-refractivity contribution < 1.29 is 4.79 Å². The molecule has 1 aromatic rings. The van der Waals surface area contributed by atoms with Crippen molar-refractivity contribution in [1.82, 2.24) is 9.88 Å². The third kappa shape index (κ3) is 3.49. The number of likely N-dealkylation sites (tertiary alicyclic amines) is 1. The highest BCUT2D eigenvalue weighted by atomic mass is 16.2. The zero-order chi connectivity index (χ0) is 18.0. The summed E-state index contributed by atoms with van der Waals surface area (Å²) in [6, 6.07) is 2.41. The summed E-state index contributed by atoms with van der Waals surface area (Å²) in [5.74, 6) is 0.908. The number of aromatic amines is 1. The molecule has 0 radical (unpaired) electrons. The first-order chi connectivity index (χ1) is 12.0. The first-order valence-corrected chi connectivity index (χ1v) is 9.45. The average molecular weight is 341 g/mol. The van der Waals surface area contributed by atoms with Crippen LogP contribution in [-0.2, 0) is 11.2 Å². The van der Waals surface area contributed by atoms with E-state index in [0.717, 1.165) is 30.6 Å². The second-order valence-corrected chi connectivity index (χ2v) is 7.51. The van der Waals surface area contributed by atoms with Crippen molar-refractivity contribution >= 4 is 5.91 Å². The predicted molar refractivity (Wildman–Crippen MR) is 96.3 cm³/mol. The first kappa shape index (κ1) is 17.7. The maximum atomic E-state index is 12.8. The topological polar surface area (TPSA) is 77.0 Å². The lowest BCUT2D eigenvalue weighted by atomic mass is 9.95. The van der Waals surface area contributed by atoms with Crippen LogP contribution in [0.3, 0.4) is 0 Å². The molecule has 1 aliphatic heterocycles. The molecule has 5 heteroatoms. The Labute approximate surface area is 149 Å². The standard InChI is InChI=1S/C20H27N3O2/c1-13-16(14(2)22-20(25)17(13)12-21)9-10-19(24)23-11-5-8-18(23)15-6-3-4-7-15/h15,18H,3-11H2,1-2H3,(H,22,25)/t18-/m1/s1. The van der Waals surface area contributed by atoms with Gasteiger partial charge < -0.3 is 9.88 Å². The Balaban J connectivity index is 1.70. The number of nitrogens with one attached hydrogen (secondary N) is 1. The van der Waals surface area contributed by atoms with E-state index >= 15 is 0 Å². The largest absolute Gasteiger partial charge is 0.339 e. The maximum absolute atomic E-state index is 12.8. The Hall–Kier alpha value is -2.09. The first-order valence-electron chi connectivity index (χ1n) is 9.45. The Kier molecular flexibility index (Phi) is 5.27. The molecule has 1 aromatic heterocycles. The third-order valence-electron chi connectivity index (χ3n) is 6.07. The maximum Gasteiger partial charge on any atom is 0.266 e. The zero-order valence-electron chi connectivity index (χ0n) is 15.2. The van der Waals surface area contributed by atoms with Gasteiger partial charge in [-0.25, -0.2) is 0 Å². The van der Waals surface area contributed by atoms with Crippen LogP contribution < -0.4 is 5.56 Å². The van der Waals surface area contributed by atoms with Crippen LogP contribution in [0.25, 0.3) is 0 Å². The number of aromatic nitrogens is 1. The number of rotatable bonds is 4. The van der Waals surface area contributed by atoms with E-state index in [9.17, 15) is 14.9 Å². The molecule has 25 heavy (non-hydrogen) atoms. The number of H-pyrrole nitrogens is 1. The van der Waals surface area contributed by atoms with Gasteiger partial charge in [0.05, 0.1) is 0 Å². The van der Waals surface area contributed by atoms with E-state index in [1.165, 1.54) is 25.7 Å². The minimum Gasteiger partial charge on any atom is -0.339 e. The third-order valence-corrected chi connectivity index (χ3v) is 6.07. The van der Waals surface area contributed by atoms with Crippen molar-refractivity contribution in [3.63, 3.8) is 0 Å². The molecule has 3 rings (SSSR count). The highest BCUT2D eigenvalue weighted by Gasteiger charge is 2.35. The molecule has 134 valence electrons. The fourth-order valence-corrected chi connectivity index (χ4v) is 4.73. The van der Waals surface area contributed by atoms with Crippen LogP contribution in [0.5, 0.6) is 0 Å². The summed E-state index contributed by atoms with van der Waals surface area (Å²) in [5, 5.41) is 9.18. The number of carbonyl (C=O) groups excluding carboxylic acids is 1. The number of aryl methyl sites for hydroxylation is 1. The smallest absolute Gasteiger partial charge is 0.266 e. The van der Waals surface area contributed by atoms with E-state index in [2.05, 4.69) is 9.88 Å². The predicted octanol–water partition coefficient (Wildman–Crippen LogP) is 2.98. The molecular weight excluding hydrogens is 314 g/mol. The van der Waals surface area contributed by atoms with Crippen molar-refractivity contribution in [2.75, 3.05) is 6.54 Å². The molecule has 2 heterocycles. The van der Waals surface area contributed by atoms with Gasteiger partial charge in [-0.3, -0.25) is 9.59 Å². The lowest BCUT2D eigenvalue weighted by molar-refractivity contribution is -0.132. The van der Waals surface area contributed by atoms with E-state index in [4.69, 9.17) is 0 Å². The van der Waals surface area contributed by atoms with Crippen LogP contribution in [0.15, 0.2) is 4.79 Å². The van der Waals surface area contributed by atoms with Gasteiger partial charge in [0.1, 0.15) is 11.6 Å². The molecule has 0 spiro atoms. The van der Waals surface area contributed by atoms with Gasteiger partial charge in [-0.15, -0.1) is 0 Å². The number of carbonyl (C=O) groups is 1. The second-order valence-electron chi connectivity index (χ2n) is 7.51. The summed E-state index contributed by atoms with van der Waals surface area (Å²) in [6.07, 6.45) is 8.41. The average Bonchev–Trinajstić information content (AvgIpc) is 3.25. The number of hydrogen-bond donors (Lipinski definition) is 1. The highest BCUT2D eigenvalue weighted by molar-refractivity contribution is 5.77. The molecule has 1 saturated carbocycles.